The number of fused-ring (bicyclic) bond motifs is 1. The molecule has 2 heterocycles. The number of aromatic nitrogens is 2. The fourth-order valence-electron chi connectivity index (χ4n) is 2.55. The SMILES string of the molecule is Cc1cccc(NC(=O)CSc2nc3c(c(=O)n2C)SC(C)C3)c1. The van der Waals surface area contributed by atoms with E-state index in [0.29, 0.717) is 10.4 Å². The highest BCUT2D eigenvalue weighted by atomic mass is 32.2. The molecule has 1 amide bonds. The van der Waals surface area contributed by atoms with E-state index in [4.69, 9.17) is 0 Å². The van der Waals surface area contributed by atoms with Gasteiger partial charge in [0.15, 0.2) is 5.16 Å². The number of nitrogens with zero attached hydrogens (tertiary/aromatic N) is 2. The molecule has 7 heteroatoms. The van der Waals surface area contributed by atoms with Crippen molar-refractivity contribution in [3.8, 4) is 0 Å². The first-order chi connectivity index (χ1) is 11.4. The molecule has 24 heavy (non-hydrogen) atoms. The zero-order valence-electron chi connectivity index (χ0n) is 13.8. The smallest absolute Gasteiger partial charge is 0.267 e. The van der Waals surface area contributed by atoms with Crippen LogP contribution >= 0.6 is 23.5 Å². The van der Waals surface area contributed by atoms with Gasteiger partial charge in [-0.3, -0.25) is 14.2 Å². The Labute approximate surface area is 149 Å². The Balaban J connectivity index is 1.69. The van der Waals surface area contributed by atoms with E-state index in [0.717, 1.165) is 28.3 Å². The molecule has 5 nitrogen and oxygen atoms in total. The lowest BCUT2D eigenvalue weighted by Crippen LogP contribution is -2.23. The van der Waals surface area contributed by atoms with Crippen LogP contribution < -0.4 is 10.9 Å². The number of aryl methyl sites for hydroxylation is 1. The van der Waals surface area contributed by atoms with Crippen LogP contribution in [-0.2, 0) is 18.3 Å². The van der Waals surface area contributed by atoms with E-state index < -0.39 is 0 Å². The number of hydrogen-bond donors (Lipinski definition) is 1. The topological polar surface area (TPSA) is 64.0 Å². The number of carbonyl (C=O) groups excluding carboxylic acids is 1. The molecular weight excluding hydrogens is 342 g/mol. The van der Waals surface area contributed by atoms with Crippen LogP contribution in [0.25, 0.3) is 0 Å². The van der Waals surface area contributed by atoms with Crippen LogP contribution in [0.1, 0.15) is 18.2 Å². The van der Waals surface area contributed by atoms with Crippen molar-refractivity contribution in [1.29, 1.82) is 0 Å². The summed E-state index contributed by atoms with van der Waals surface area (Å²) >= 11 is 2.87. The van der Waals surface area contributed by atoms with Crippen molar-refractivity contribution >= 4 is 35.1 Å². The molecule has 1 aliphatic heterocycles. The summed E-state index contributed by atoms with van der Waals surface area (Å²) in [7, 11) is 1.71. The van der Waals surface area contributed by atoms with E-state index in [1.54, 1.807) is 18.8 Å². The molecule has 0 aliphatic carbocycles. The fraction of sp³-hybridized carbons (Fsp3) is 0.353. The minimum absolute atomic E-state index is 0.0176. The minimum Gasteiger partial charge on any atom is -0.325 e. The maximum Gasteiger partial charge on any atom is 0.267 e. The molecule has 1 aliphatic rings. The van der Waals surface area contributed by atoms with Gasteiger partial charge in [0, 0.05) is 24.4 Å². The Kier molecular flexibility index (Phi) is 5.01. The Hall–Kier alpha value is -1.73. The molecule has 2 aromatic rings. The second kappa shape index (κ2) is 7.03. The molecule has 3 rings (SSSR count). The largest absolute Gasteiger partial charge is 0.325 e. The van der Waals surface area contributed by atoms with Gasteiger partial charge in [-0.05, 0) is 24.6 Å². The van der Waals surface area contributed by atoms with Gasteiger partial charge in [-0.25, -0.2) is 4.98 Å². The molecule has 0 radical (unpaired) electrons. The van der Waals surface area contributed by atoms with E-state index in [2.05, 4.69) is 17.2 Å². The first-order valence-electron chi connectivity index (χ1n) is 7.70. The highest BCUT2D eigenvalue weighted by molar-refractivity contribution is 8.00. The van der Waals surface area contributed by atoms with Crippen molar-refractivity contribution in [3.05, 3.63) is 45.9 Å². The summed E-state index contributed by atoms with van der Waals surface area (Å²) < 4.78 is 1.54. The molecule has 1 unspecified atom stereocenters. The summed E-state index contributed by atoms with van der Waals surface area (Å²) in [5.74, 6) is 0.110. The number of anilines is 1. The van der Waals surface area contributed by atoms with Crippen molar-refractivity contribution in [3.63, 3.8) is 0 Å². The lowest BCUT2D eigenvalue weighted by Gasteiger charge is -2.09. The average molecular weight is 361 g/mol. The third-order valence-corrected chi connectivity index (χ3v) is 5.96. The Morgan fingerprint density at radius 2 is 2.29 bits per heavy atom. The van der Waals surface area contributed by atoms with E-state index in [-0.39, 0.29) is 17.2 Å². The van der Waals surface area contributed by atoms with Crippen LogP contribution in [0.5, 0.6) is 0 Å². The Morgan fingerprint density at radius 1 is 1.50 bits per heavy atom. The molecule has 0 saturated heterocycles. The molecule has 126 valence electrons. The number of nitrogens with one attached hydrogen (secondary N) is 1. The summed E-state index contributed by atoms with van der Waals surface area (Å²) in [6.07, 6.45) is 0.805. The number of carbonyl (C=O) groups is 1. The van der Waals surface area contributed by atoms with Crippen molar-refractivity contribution in [1.82, 2.24) is 9.55 Å². The summed E-state index contributed by atoms with van der Waals surface area (Å²) in [6.45, 7) is 4.07. The van der Waals surface area contributed by atoms with Crippen molar-refractivity contribution in [2.24, 2.45) is 7.05 Å². The third kappa shape index (κ3) is 3.67. The Bertz CT molecular complexity index is 848. The van der Waals surface area contributed by atoms with Gasteiger partial charge in [-0.15, -0.1) is 11.8 Å². The highest BCUT2D eigenvalue weighted by Gasteiger charge is 2.25. The minimum atomic E-state index is -0.108. The lowest BCUT2D eigenvalue weighted by molar-refractivity contribution is -0.113. The van der Waals surface area contributed by atoms with Crippen LogP contribution in [-0.4, -0.2) is 26.5 Å². The molecule has 0 bridgehead atoms. The molecule has 1 N–H and O–H groups in total. The second-order valence-corrected chi connectivity index (χ2v) is 8.26. The van der Waals surface area contributed by atoms with Gasteiger partial charge in [0.25, 0.3) is 5.56 Å². The van der Waals surface area contributed by atoms with Gasteiger partial charge in [-0.2, -0.15) is 0 Å². The van der Waals surface area contributed by atoms with E-state index in [9.17, 15) is 9.59 Å². The van der Waals surface area contributed by atoms with Gasteiger partial charge in [0.2, 0.25) is 5.91 Å². The second-order valence-electron chi connectivity index (χ2n) is 5.87. The molecule has 0 saturated carbocycles. The standard InChI is InChI=1S/C17H19N3O2S2/c1-10-5-4-6-12(7-10)18-14(21)9-23-17-19-13-8-11(2)24-15(13)16(22)20(17)3/h4-7,11H,8-9H2,1-3H3,(H,18,21). The van der Waals surface area contributed by atoms with Gasteiger partial charge in [-0.1, -0.05) is 30.8 Å². The van der Waals surface area contributed by atoms with Crippen LogP contribution in [0.4, 0.5) is 5.69 Å². The molecular formula is C17H19N3O2S2. The molecule has 0 spiro atoms. The Morgan fingerprint density at radius 3 is 3.04 bits per heavy atom. The number of amides is 1. The maximum absolute atomic E-state index is 12.4. The summed E-state index contributed by atoms with van der Waals surface area (Å²) in [5.41, 5.74) is 2.71. The summed E-state index contributed by atoms with van der Waals surface area (Å²) in [4.78, 5) is 29.8. The average Bonchev–Trinajstić information content (AvgIpc) is 2.90. The number of hydrogen-bond acceptors (Lipinski definition) is 5. The van der Waals surface area contributed by atoms with E-state index in [1.165, 1.54) is 16.3 Å². The molecule has 1 aromatic heterocycles. The van der Waals surface area contributed by atoms with Crippen LogP contribution in [0, 0.1) is 6.92 Å². The number of thioether (sulfide) groups is 2. The normalized spacial score (nSPS) is 16.0. The number of benzene rings is 1. The van der Waals surface area contributed by atoms with Crippen molar-refractivity contribution in [2.75, 3.05) is 11.1 Å². The summed E-state index contributed by atoms with van der Waals surface area (Å²) in [6, 6.07) is 7.67. The first-order valence-corrected chi connectivity index (χ1v) is 9.56. The van der Waals surface area contributed by atoms with Crippen LogP contribution in [0.15, 0.2) is 39.1 Å². The number of rotatable bonds is 4. The lowest BCUT2D eigenvalue weighted by atomic mass is 10.2. The first kappa shape index (κ1) is 17.1. The highest BCUT2D eigenvalue weighted by Crippen LogP contribution is 2.33. The van der Waals surface area contributed by atoms with Gasteiger partial charge < -0.3 is 5.32 Å². The van der Waals surface area contributed by atoms with Crippen molar-refractivity contribution < 1.29 is 4.79 Å². The van der Waals surface area contributed by atoms with Crippen molar-refractivity contribution in [2.45, 2.75) is 35.6 Å². The zero-order chi connectivity index (χ0) is 17.3. The van der Waals surface area contributed by atoms with Gasteiger partial charge in [0.1, 0.15) is 0 Å². The van der Waals surface area contributed by atoms with E-state index in [1.807, 2.05) is 31.2 Å². The molecule has 1 atom stereocenters. The predicted octanol–water partition coefficient (Wildman–Crippen LogP) is 2.86. The maximum atomic E-state index is 12.4. The quantitative estimate of drug-likeness (QED) is 0.670. The molecule has 1 aromatic carbocycles. The van der Waals surface area contributed by atoms with Crippen LogP contribution in [0.2, 0.25) is 0 Å². The van der Waals surface area contributed by atoms with Gasteiger partial charge in [0.05, 0.1) is 16.3 Å². The zero-order valence-corrected chi connectivity index (χ0v) is 15.5. The predicted molar refractivity (Wildman–Crippen MR) is 99.0 cm³/mol. The van der Waals surface area contributed by atoms with Crippen LogP contribution in [0.3, 0.4) is 0 Å². The van der Waals surface area contributed by atoms with Gasteiger partial charge >= 0.3 is 0 Å². The monoisotopic (exact) mass is 361 g/mol. The molecule has 0 fully saturated rings. The van der Waals surface area contributed by atoms with E-state index >= 15 is 0 Å². The fourth-order valence-corrected chi connectivity index (χ4v) is 4.48. The third-order valence-electron chi connectivity index (χ3n) is 3.71. The summed E-state index contributed by atoms with van der Waals surface area (Å²) in [5, 5.41) is 3.84.